The average molecular weight is 307 g/mol. The van der Waals surface area contributed by atoms with Crippen molar-refractivity contribution in [3.8, 4) is 0 Å². The van der Waals surface area contributed by atoms with Crippen LogP contribution in [0, 0.1) is 5.82 Å². The van der Waals surface area contributed by atoms with Gasteiger partial charge in [0.25, 0.3) is 11.8 Å². The minimum Gasteiger partial charge on any atom is -0.355 e. The number of hydrogen-bond acceptors (Lipinski definition) is 2. The molecule has 2 aromatic rings. The number of benzene rings is 2. The van der Waals surface area contributed by atoms with Crippen LogP contribution in [-0.4, -0.2) is 18.9 Å². The molecular formula is C15H12ClFN2O2. The van der Waals surface area contributed by atoms with E-state index in [2.05, 4.69) is 10.6 Å². The van der Waals surface area contributed by atoms with Gasteiger partial charge in [0.15, 0.2) is 0 Å². The summed E-state index contributed by atoms with van der Waals surface area (Å²) in [6.07, 6.45) is 0. The van der Waals surface area contributed by atoms with Crippen molar-refractivity contribution in [1.82, 2.24) is 5.32 Å². The molecule has 0 spiro atoms. The fourth-order valence-corrected chi connectivity index (χ4v) is 1.92. The van der Waals surface area contributed by atoms with Gasteiger partial charge in [-0.3, -0.25) is 9.59 Å². The molecule has 0 aromatic heterocycles. The van der Waals surface area contributed by atoms with Gasteiger partial charge in [-0.25, -0.2) is 4.39 Å². The highest BCUT2D eigenvalue weighted by molar-refractivity contribution is 6.34. The maximum absolute atomic E-state index is 12.8. The SMILES string of the molecule is CNC(=O)c1cc(NC(=O)c2ccc(F)cc2)ccc1Cl. The highest BCUT2D eigenvalue weighted by Gasteiger charge is 2.11. The normalized spacial score (nSPS) is 10.0. The Bertz CT molecular complexity index is 687. The molecule has 0 atom stereocenters. The predicted octanol–water partition coefficient (Wildman–Crippen LogP) is 3.09. The smallest absolute Gasteiger partial charge is 0.255 e. The summed E-state index contributed by atoms with van der Waals surface area (Å²) in [6.45, 7) is 0. The van der Waals surface area contributed by atoms with Crippen molar-refractivity contribution in [2.24, 2.45) is 0 Å². The molecule has 0 heterocycles. The van der Waals surface area contributed by atoms with E-state index in [-0.39, 0.29) is 16.5 Å². The first-order chi connectivity index (χ1) is 10.0. The largest absolute Gasteiger partial charge is 0.355 e. The van der Waals surface area contributed by atoms with Crippen LogP contribution >= 0.6 is 11.6 Å². The second-order valence-corrected chi connectivity index (χ2v) is 4.64. The van der Waals surface area contributed by atoms with Crippen molar-refractivity contribution < 1.29 is 14.0 Å². The molecule has 6 heteroatoms. The molecule has 0 aliphatic carbocycles. The second-order valence-electron chi connectivity index (χ2n) is 4.23. The molecule has 2 N–H and O–H groups in total. The van der Waals surface area contributed by atoms with E-state index in [1.54, 1.807) is 6.07 Å². The lowest BCUT2D eigenvalue weighted by Gasteiger charge is -2.08. The molecule has 0 aliphatic rings. The van der Waals surface area contributed by atoms with Gasteiger partial charge in [0.05, 0.1) is 10.6 Å². The Labute approximate surface area is 125 Å². The van der Waals surface area contributed by atoms with Crippen LogP contribution in [0.4, 0.5) is 10.1 Å². The number of anilines is 1. The maximum Gasteiger partial charge on any atom is 0.255 e. The Hall–Kier alpha value is -2.40. The third-order valence-electron chi connectivity index (χ3n) is 2.80. The molecule has 0 bridgehead atoms. The second kappa shape index (κ2) is 6.37. The number of amides is 2. The Morgan fingerprint density at radius 1 is 1.05 bits per heavy atom. The van der Waals surface area contributed by atoms with E-state index in [1.165, 1.54) is 43.4 Å². The van der Waals surface area contributed by atoms with Crippen LogP contribution in [0.3, 0.4) is 0 Å². The van der Waals surface area contributed by atoms with Crippen molar-refractivity contribution in [3.63, 3.8) is 0 Å². The third-order valence-corrected chi connectivity index (χ3v) is 3.13. The molecule has 4 nitrogen and oxygen atoms in total. The summed E-state index contributed by atoms with van der Waals surface area (Å²) < 4.78 is 12.8. The molecule has 0 aliphatic heterocycles. The van der Waals surface area contributed by atoms with Gasteiger partial charge < -0.3 is 10.6 Å². The topological polar surface area (TPSA) is 58.2 Å². The molecule has 21 heavy (non-hydrogen) atoms. The summed E-state index contributed by atoms with van der Waals surface area (Å²) in [5.74, 6) is -1.17. The fourth-order valence-electron chi connectivity index (χ4n) is 1.72. The first-order valence-corrected chi connectivity index (χ1v) is 6.47. The zero-order valence-electron chi connectivity index (χ0n) is 11.1. The van der Waals surface area contributed by atoms with Crippen LogP contribution < -0.4 is 10.6 Å². The van der Waals surface area contributed by atoms with E-state index < -0.39 is 11.7 Å². The van der Waals surface area contributed by atoms with Gasteiger partial charge in [-0.1, -0.05) is 11.6 Å². The zero-order valence-corrected chi connectivity index (χ0v) is 11.9. The highest BCUT2D eigenvalue weighted by Crippen LogP contribution is 2.21. The third kappa shape index (κ3) is 3.58. The van der Waals surface area contributed by atoms with Gasteiger partial charge in [0.2, 0.25) is 0 Å². The Morgan fingerprint density at radius 3 is 2.33 bits per heavy atom. The Kier molecular flexibility index (Phi) is 4.55. The van der Waals surface area contributed by atoms with Crippen molar-refractivity contribution >= 4 is 29.1 Å². The Morgan fingerprint density at radius 2 is 1.71 bits per heavy atom. The molecule has 0 fully saturated rings. The summed E-state index contributed by atoms with van der Waals surface area (Å²) in [5, 5.41) is 5.37. The number of rotatable bonds is 3. The summed E-state index contributed by atoms with van der Waals surface area (Å²) >= 11 is 5.93. The average Bonchev–Trinajstić information content (AvgIpc) is 2.49. The lowest BCUT2D eigenvalue weighted by Crippen LogP contribution is -2.19. The molecule has 0 saturated heterocycles. The van der Waals surface area contributed by atoms with E-state index in [4.69, 9.17) is 11.6 Å². The van der Waals surface area contributed by atoms with Gasteiger partial charge in [0, 0.05) is 18.3 Å². The Balaban J connectivity index is 2.21. The lowest BCUT2D eigenvalue weighted by molar-refractivity contribution is 0.0961. The van der Waals surface area contributed by atoms with Gasteiger partial charge in [-0.05, 0) is 42.5 Å². The number of hydrogen-bond donors (Lipinski definition) is 2. The fraction of sp³-hybridized carbons (Fsp3) is 0.0667. The molecule has 2 aromatic carbocycles. The van der Waals surface area contributed by atoms with Crippen molar-refractivity contribution in [2.45, 2.75) is 0 Å². The monoisotopic (exact) mass is 306 g/mol. The molecule has 108 valence electrons. The lowest BCUT2D eigenvalue weighted by atomic mass is 10.1. The van der Waals surface area contributed by atoms with Gasteiger partial charge in [-0.15, -0.1) is 0 Å². The van der Waals surface area contributed by atoms with Crippen LogP contribution in [0.25, 0.3) is 0 Å². The summed E-state index contributed by atoms with van der Waals surface area (Å²) in [4.78, 5) is 23.6. The molecule has 2 amide bonds. The van der Waals surface area contributed by atoms with E-state index in [0.717, 1.165) is 0 Å². The minimum absolute atomic E-state index is 0.260. The van der Waals surface area contributed by atoms with Gasteiger partial charge in [0.1, 0.15) is 5.82 Å². The van der Waals surface area contributed by atoms with E-state index >= 15 is 0 Å². The molecule has 2 rings (SSSR count). The molecule has 0 radical (unpaired) electrons. The maximum atomic E-state index is 12.8. The minimum atomic E-state index is -0.417. The summed E-state index contributed by atoms with van der Waals surface area (Å²) in [5.41, 5.74) is 0.997. The van der Waals surface area contributed by atoms with Crippen LogP contribution in [-0.2, 0) is 0 Å². The number of carbonyl (C=O) groups excluding carboxylic acids is 2. The standard InChI is InChI=1S/C15H12ClFN2O2/c1-18-15(21)12-8-11(6-7-13(12)16)19-14(20)9-2-4-10(17)5-3-9/h2-8H,1H3,(H,18,21)(H,19,20). The van der Waals surface area contributed by atoms with Gasteiger partial charge >= 0.3 is 0 Å². The number of halogens is 2. The quantitative estimate of drug-likeness (QED) is 0.915. The summed E-state index contributed by atoms with van der Waals surface area (Å²) in [7, 11) is 1.49. The molecular weight excluding hydrogens is 295 g/mol. The highest BCUT2D eigenvalue weighted by atomic mass is 35.5. The van der Waals surface area contributed by atoms with Crippen LogP contribution in [0.1, 0.15) is 20.7 Å². The van der Waals surface area contributed by atoms with Crippen LogP contribution in [0.5, 0.6) is 0 Å². The van der Waals surface area contributed by atoms with E-state index in [9.17, 15) is 14.0 Å². The van der Waals surface area contributed by atoms with Crippen molar-refractivity contribution in [2.75, 3.05) is 12.4 Å². The van der Waals surface area contributed by atoms with Crippen LogP contribution in [0.15, 0.2) is 42.5 Å². The number of carbonyl (C=O) groups is 2. The predicted molar refractivity (Wildman–Crippen MR) is 79.2 cm³/mol. The van der Waals surface area contributed by atoms with Gasteiger partial charge in [-0.2, -0.15) is 0 Å². The molecule has 0 unspecified atom stereocenters. The van der Waals surface area contributed by atoms with Crippen LogP contribution in [0.2, 0.25) is 5.02 Å². The number of nitrogens with one attached hydrogen (secondary N) is 2. The first-order valence-electron chi connectivity index (χ1n) is 6.10. The van der Waals surface area contributed by atoms with E-state index in [1.807, 2.05) is 0 Å². The first kappa shape index (κ1) is 15.0. The van der Waals surface area contributed by atoms with Crippen molar-refractivity contribution in [3.05, 3.63) is 64.4 Å². The summed E-state index contributed by atoms with van der Waals surface area (Å²) in [6, 6.07) is 9.73. The van der Waals surface area contributed by atoms with E-state index in [0.29, 0.717) is 11.3 Å². The zero-order chi connectivity index (χ0) is 15.4. The molecule has 0 saturated carbocycles. The van der Waals surface area contributed by atoms with Crippen molar-refractivity contribution in [1.29, 1.82) is 0 Å².